The Kier molecular flexibility index (Phi) is 4.61. The van der Waals surface area contributed by atoms with Gasteiger partial charge in [0.05, 0.1) is 5.52 Å². The standard InChI is InChI=1S/C15H20N2S/c1-3-11(2)10-18-15-13(9-16)8-12-6-4-5-7-14(12)17-15/h4-8,11H,3,9-10,16H2,1-2H3. The Labute approximate surface area is 113 Å². The molecule has 0 fully saturated rings. The van der Waals surface area contributed by atoms with Gasteiger partial charge in [0.2, 0.25) is 0 Å². The quantitative estimate of drug-likeness (QED) is 0.830. The lowest BCUT2D eigenvalue weighted by Crippen LogP contribution is -2.03. The maximum atomic E-state index is 5.83. The van der Waals surface area contributed by atoms with Gasteiger partial charge in [0.15, 0.2) is 0 Å². The molecule has 0 aliphatic carbocycles. The number of rotatable bonds is 5. The molecule has 0 saturated heterocycles. The lowest BCUT2D eigenvalue weighted by atomic mass is 10.1. The molecule has 1 unspecified atom stereocenters. The van der Waals surface area contributed by atoms with Crippen LogP contribution in [0.25, 0.3) is 10.9 Å². The van der Waals surface area contributed by atoms with Crippen LogP contribution < -0.4 is 5.73 Å². The summed E-state index contributed by atoms with van der Waals surface area (Å²) in [5.41, 5.74) is 8.04. The summed E-state index contributed by atoms with van der Waals surface area (Å²) in [5, 5.41) is 2.27. The van der Waals surface area contributed by atoms with Crippen molar-refractivity contribution in [2.24, 2.45) is 11.7 Å². The molecule has 3 heteroatoms. The van der Waals surface area contributed by atoms with E-state index in [-0.39, 0.29) is 0 Å². The largest absolute Gasteiger partial charge is 0.326 e. The predicted molar refractivity (Wildman–Crippen MR) is 79.8 cm³/mol. The Morgan fingerprint density at radius 3 is 2.83 bits per heavy atom. The summed E-state index contributed by atoms with van der Waals surface area (Å²) in [7, 11) is 0. The molecule has 2 rings (SSSR count). The molecular weight excluding hydrogens is 240 g/mol. The Bertz CT molecular complexity index is 525. The highest BCUT2D eigenvalue weighted by atomic mass is 32.2. The zero-order valence-corrected chi connectivity index (χ0v) is 11.8. The van der Waals surface area contributed by atoms with E-state index in [2.05, 4.69) is 32.0 Å². The molecule has 0 radical (unpaired) electrons. The summed E-state index contributed by atoms with van der Waals surface area (Å²) in [6.07, 6.45) is 1.21. The van der Waals surface area contributed by atoms with Crippen molar-refractivity contribution < 1.29 is 0 Å². The summed E-state index contributed by atoms with van der Waals surface area (Å²) in [6.45, 7) is 5.06. The van der Waals surface area contributed by atoms with Gasteiger partial charge in [-0.15, -0.1) is 11.8 Å². The number of thioether (sulfide) groups is 1. The SMILES string of the molecule is CCC(C)CSc1nc2ccccc2cc1CN. The number of pyridine rings is 1. The van der Waals surface area contributed by atoms with E-state index < -0.39 is 0 Å². The summed E-state index contributed by atoms with van der Waals surface area (Å²) in [6, 6.07) is 10.4. The second-order valence-electron chi connectivity index (χ2n) is 4.67. The summed E-state index contributed by atoms with van der Waals surface area (Å²) < 4.78 is 0. The third kappa shape index (κ3) is 3.03. The highest BCUT2D eigenvalue weighted by Crippen LogP contribution is 2.26. The van der Waals surface area contributed by atoms with Crippen LogP contribution in [0.15, 0.2) is 35.4 Å². The maximum Gasteiger partial charge on any atom is 0.101 e. The zero-order chi connectivity index (χ0) is 13.0. The molecule has 0 aliphatic heterocycles. The number of nitrogens with zero attached hydrogens (tertiary/aromatic N) is 1. The average Bonchev–Trinajstić information content (AvgIpc) is 2.43. The van der Waals surface area contributed by atoms with E-state index in [1.165, 1.54) is 11.8 Å². The van der Waals surface area contributed by atoms with Gasteiger partial charge in [-0.25, -0.2) is 4.98 Å². The molecule has 1 heterocycles. The molecule has 2 N–H and O–H groups in total. The number of hydrogen-bond acceptors (Lipinski definition) is 3. The van der Waals surface area contributed by atoms with Crippen LogP contribution in [0.1, 0.15) is 25.8 Å². The molecule has 1 atom stereocenters. The van der Waals surface area contributed by atoms with Crippen molar-refractivity contribution >= 4 is 22.7 Å². The number of nitrogens with two attached hydrogens (primary N) is 1. The van der Waals surface area contributed by atoms with Gasteiger partial charge < -0.3 is 5.73 Å². The van der Waals surface area contributed by atoms with Gasteiger partial charge in [-0.05, 0) is 23.6 Å². The van der Waals surface area contributed by atoms with Crippen LogP contribution in [0, 0.1) is 5.92 Å². The molecule has 2 aromatic rings. The van der Waals surface area contributed by atoms with Gasteiger partial charge in [-0.1, -0.05) is 38.5 Å². The summed E-state index contributed by atoms with van der Waals surface area (Å²) in [4.78, 5) is 4.74. The zero-order valence-electron chi connectivity index (χ0n) is 11.0. The Morgan fingerprint density at radius 2 is 2.11 bits per heavy atom. The lowest BCUT2D eigenvalue weighted by Gasteiger charge is -2.11. The summed E-state index contributed by atoms with van der Waals surface area (Å²) >= 11 is 1.83. The first-order valence-corrected chi connectivity index (χ1v) is 7.44. The van der Waals surface area contributed by atoms with Gasteiger partial charge in [0.25, 0.3) is 0 Å². The van der Waals surface area contributed by atoms with Crippen molar-refractivity contribution in [2.45, 2.75) is 31.8 Å². The number of benzene rings is 1. The number of aromatic nitrogens is 1. The predicted octanol–water partition coefficient (Wildman–Crippen LogP) is 3.83. The molecule has 0 saturated carbocycles. The molecule has 0 amide bonds. The van der Waals surface area contributed by atoms with Crippen molar-refractivity contribution in [3.63, 3.8) is 0 Å². The molecule has 0 aliphatic rings. The van der Waals surface area contributed by atoms with Crippen LogP contribution >= 0.6 is 11.8 Å². The van der Waals surface area contributed by atoms with E-state index in [0.717, 1.165) is 21.9 Å². The third-order valence-electron chi connectivity index (χ3n) is 3.18. The highest BCUT2D eigenvalue weighted by Gasteiger charge is 2.08. The summed E-state index contributed by atoms with van der Waals surface area (Å²) in [5.74, 6) is 1.82. The van der Waals surface area contributed by atoms with E-state index in [1.807, 2.05) is 23.9 Å². The van der Waals surface area contributed by atoms with E-state index in [1.54, 1.807) is 0 Å². The Morgan fingerprint density at radius 1 is 1.33 bits per heavy atom. The van der Waals surface area contributed by atoms with Crippen LogP contribution in [0.3, 0.4) is 0 Å². The molecular formula is C15H20N2S. The van der Waals surface area contributed by atoms with Crippen LogP contribution in [-0.2, 0) is 6.54 Å². The van der Waals surface area contributed by atoms with Gasteiger partial charge in [0.1, 0.15) is 5.03 Å². The molecule has 1 aromatic heterocycles. The van der Waals surface area contributed by atoms with Crippen molar-refractivity contribution in [2.75, 3.05) is 5.75 Å². The molecule has 0 spiro atoms. The van der Waals surface area contributed by atoms with Gasteiger partial charge in [-0.2, -0.15) is 0 Å². The first-order valence-electron chi connectivity index (χ1n) is 6.46. The minimum atomic E-state index is 0.556. The Balaban J connectivity index is 2.30. The molecule has 18 heavy (non-hydrogen) atoms. The van der Waals surface area contributed by atoms with E-state index in [9.17, 15) is 0 Å². The lowest BCUT2D eigenvalue weighted by molar-refractivity contribution is 0.636. The highest BCUT2D eigenvalue weighted by molar-refractivity contribution is 7.99. The van der Waals surface area contributed by atoms with Gasteiger partial charge in [0, 0.05) is 17.7 Å². The second-order valence-corrected chi connectivity index (χ2v) is 5.68. The first kappa shape index (κ1) is 13.4. The van der Waals surface area contributed by atoms with E-state index in [4.69, 9.17) is 10.7 Å². The third-order valence-corrected chi connectivity index (χ3v) is 4.55. The van der Waals surface area contributed by atoms with Crippen molar-refractivity contribution in [1.82, 2.24) is 4.98 Å². The van der Waals surface area contributed by atoms with E-state index in [0.29, 0.717) is 12.5 Å². The minimum absolute atomic E-state index is 0.556. The van der Waals surface area contributed by atoms with Crippen molar-refractivity contribution in [3.8, 4) is 0 Å². The maximum absolute atomic E-state index is 5.83. The van der Waals surface area contributed by atoms with Gasteiger partial charge in [-0.3, -0.25) is 0 Å². The van der Waals surface area contributed by atoms with Crippen molar-refractivity contribution in [3.05, 3.63) is 35.9 Å². The fraction of sp³-hybridized carbons (Fsp3) is 0.400. The van der Waals surface area contributed by atoms with Crippen molar-refractivity contribution in [1.29, 1.82) is 0 Å². The van der Waals surface area contributed by atoms with Crippen LogP contribution in [0.2, 0.25) is 0 Å². The molecule has 0 bridgehead atoms. The second kappa shape index (κ2) is 6.21. The van der Waals surface area contributed by atoms with Crippen LogP contribution in [0.4, 0.5) is 0 Å². The normalized spacial score (nSPS) is 12.8. The molecule has 2 nitrogen and oxygen atoms in total. The van der Waals surface area contributed by atoms with E-state index >= 15 is 0 Å². The molecule has 96 valence electrons. The monoisotopic (exact) mass is 260 g/mol. The number of hydrogen-bond donors (Lipinski definition) is 1. The molecule has 1 aromatic carbocycles. The fourth-order valence-corrected chi connectivity index (χ4v) is 2.92. The first-order chi connectivity index (χ1) is 8.74. The van der Waals surface area contributed by atoms with Crippen LogP contribution in [0.5, 0.6) is 0 Å². The average molecular weight is 260 g/mol. The topological polar surface area (TPSA) is 38.9 Å². The van der Waals surface area contributed by atoms with Gasteiger partial charge >= 0.3 is 0 Å². The minimum Gasteiger partial charge on any atom is -0.326 e. The fourth-order valence-electron chi connectivity index (χ4n) is 1.75. The van der Waals surface area contributed by atoms with Crippen LogP contribution in [-0.4, -0.2) is 10.7 Å². The Hall–Kier alpha value is -1.06. The number of para-hydroxylation sites is 1. The number of fused-ring (bicyclic) bond motifs is 1. The smallest absolute Gasteiger partial charge is 0.101 e.